The number of rotatable bonds is 2. The average molecular weight is 489 g/mol. The van der Waals surface area contributed by atoms with Crippen molar-refractivity contribution >= 4 is 17.4 Å². The van der Waals surface area contributed by atoms with E-state index in [0.29, 0.717) is 22.5 Å². The summed E-state index contributed by atoms with van der Waals surface area (Å²) in [6, 6.07) is 11.0. The number of aliphatic hydroxyl groups is 2. The number of hydrogen-bond donors (Lipinski definition) is 4. The van der Waals surface area contributed by atoms with Gasteiger partial charge in [-0.15, -0.1) is 0 Å². The first-order chi connectivity index (χ1) is 16.2. The highest BCUT2D eigenvalue weighted by Crippen LogP contribution is 2.28. The van der Waals surface area contributed by atoms with Crippen LogP contribution in [0.4, 0.5) is 16.2 Å². The Morgan fingerprint density at radius 3 is 1.25 bits per heavy atom. The maximum Gasteiger partial charge on any atom is 0.323 e. The summed E-state index contributed by atoms with van der Waals surface area (Å²) in [6.07, 6.45) is 0. The summed E-state index contributed by atoms with van der Waals surface area (Å²) in [6.45, 7) is 19.1. The van der Waals surface area contributed by atoms with Crippen LogP contribution < -0.4 is 10.6 Å². The summed E-state index contributed by atoms with van der Waals surface area (Å²) in [7, 11) is 0. The van der Waals surface area contributed by atoms with E-state index in [-0.39, 0.29) is 10.8 Å². The number of nitrogens with one attached hydrogen (secondary N) is 2. The van der Waals surface area contributed by atoms with Crippen LogP contribution in [-0.2, 0) is 10.8 Å². The zero-order chi connectivity index (χ0) is 27.5. The molecule has 2 aromatic rings. The smallest absolute Gasteiger partial charge is 0.323 e. The number of urea groups is 1. The van der Waals surface area contributed by atoms with Crippen LogP contribution >= 0.6 is 0 Å². The maximum atomic E-state index is 13.0. The van der Waals surface area contributed by atoms with Crippen molar-refractivity contribution in [1.29, 1.82) is 0 Å². The Bertz CT molecular complexity index is 1140. The van der Waals surface area contributed by atoms with Gasteiger partial charge in [0, 0.05) is 11.1 Å². The molecule has 0 aliphatic rings. The number of amides is 2. The lowest BCUT2D eigenvalue weighted by molar-refractivity contribution is 0.143. The molecule has 4 N–H and O–H groups in total. The molecule has 0 saturated carbocycles. The molecule has 0 aliphatic carbocycles. The van der Waals surface area contributed by atoms with Gasteiger partial charge in [-0.1, -0.05) is 77.4 Å². The molecule has 0 unspecified atom stereocenters. The molecule has 2 amide bonds. The molecule has 0 aromatic heterocycles. The molecule has 0 aliphatic heterocycles. The molecule has 0 radical (unpaired) electrons. The van der Waals surface area contributed by atoms with Gasteiger partial charge in [0.1, 0.15) is 11.2 Å². The topological polar surface area (TPSA) is 81.6 Å². The predicted octanol–water partition coefficient (Wildman–Crippen LogP) is 6.17. The number of anilines is 2. The first kappa shape index (κ1) is 29.0. The summed E-state index contributed by atoms with van der Waals surface area (Å²) >= 11 is 0. The molecular formula is C31H40N2O3. The summed E-state index contributed by atoms with van der Waals surface area (Å²) in [5.41, 5.74) is 1.89. The van der Waals surface area contributed by atoms with E-state index in [0.717, 1.165) is 11.1 Å². The van der Waals surface area contributed by atoms with Crippen LogP contribution in [0.1, 0.15) is 91.5 Å². The monoisotopic (exact) mass is 488 g/mol. The third kappa shape index (κ3) is 9.08. The molecule has 0 bridgehead atoms. The van der Waals surface area contributed by atoms with Crippen molar-refractivity contribution in [2.45, 2.75) is 91.3 Å². The van der Waals surface area contributed by atoms with Crippen LogP contribution in [0, 0.1) is 23.7 Å². The molecule has 0 fully saturated rings. The molecule has 5 nitrogen and oxygen atoms in total. The number of benzene rings is 2. The Kier molecular flexibility index (Phi) is 8.37. The van der Waals surface area contributed by atoms with Gasteiger partial charge >= 0.3 is 6.03 Å². The third-order valence-corrected chi connectivity index (χ3v) is 5.27. The molecule has 5 heteroatoms. The fraction of sp³-hybridized carbons (Fsp3) is 0.452. The highest BCUT2D eigenvalue weighted by molar-refractivity contribution is 6.01. The largest absolute Gasteiger partial charge is 0.378 e. The number of carbonyl (C=O) groups excluding carboxylic acids is 1. The normalized spacial score (nSPS) is 12.1. The van der Waals surface area contributed by atoms with Gasteiger partial charge in [0.25, 0.3) is 0 Å². The van der Waals surface area contributed by atoms with Crippen molar-refractivity contribution in [2.75, 3.05) is 10.6 Å². The van der Waals surface area contributed by atoms with E-state index >= 15 is 0 Å². The third-order valence-electron chi connectivity index (χ3n) is 5.27. The predicted molar refractivity (Wildman–Crippen MR) is 149 cm³/mol. The molecule has 2 aromatic carbocycles. The zero-order valence-corrected chi connectivity index (χ0v) is 23.3. The zero-order valence-electron chi connectivity index (χ0n) is 23.3. The van der Waals surface area contributed by atoms with Crippen LogP contribution in [0.5, 0.6) is 0 Å². The van der Waals surface area contributed by atoms with Crippen molar-refractivity contribution in [3.63, 3.8) is 0 Å². The van der Waals surface area contributed by atoms with Gasteiger partial charge in [-0.3, -0.25) is 0 Å². The van der Waals surface area contributed by atoms with Gasteiger partial charge in [0.05, 0.1) is 11.4 Å². The summed E-state index contributed by atoms with van der Waals surface area (Å²) in [5, 5.41) is 26.0. The lowest BCUT2D eigenvalue weighted by Crippen LogP contribution is -2.22. The van der Waals surface area contributed by atoms with Gasteiger partial charge in [-0.2, -0.15) is 0 Å². The van der Waals surface area contributed by atoms with Crippen molar-refractivity contribution < 1.29 is 15.0 Å². The standard InChI is InChI=1S/C31H40N2O3/c1-28(2,3)23-11-13-25(21(19-23)15-17-30(7,8)35)32-27(34)33-26-14-12-24(29(4,5)6)20-22(26)16-18-31(9,10)36/h11-14,19-20,35-36H,1-10H3,(H2,32,33,34). The first-order valence-electron chi connectivity index (χ1n) is 12.1. The minimum absolute atomic E-state index is 0.102. The van der Waals surface area contributed by atoms with Crippen LogP contribution in [0.3, 0.4) is 0 Å². The Morgan fingerprint density at radius 1 is 0.639 bits per heavy atom. The van der Waals surface area contributed by atoms with Gasteiger partial charge < -0.3 is 20.8 Å². The number of carbonyl (C=O) groups is 1. The molecule has 36 heavy (non-hydrogen) atoms. The summed E-state index contributed by atoms with van der Waals surface area (Å²) in [5.74, 6) is 11.7. The van der Waals surface area contributed by atoms with E-state index in [2.05, 4.69) is 75.9 Å². The molecular weight excluding hydrogens is 448 g/mol. The molecule has 0 atom stereocenters. The summed E-state index contributed by atoms with van der Waals surface area (Å²) in [4.78, 5) is 13.0. The van der Waals surface area contributed by atoms with Crippen molar-refractivity contribution in [2.24, 2.45) is 0 Å². The fourth-order valence-corrected chi connectivity index (χ4v) is 3.16. The first-order valence-corrected chi connectivity index (χ1v) is 12.1. The fourth-order valence-electron chi connectivity index (χ4n) is 3.16. The van der Waals surface area contributed by atoms with Gasteiger partial charge in [-0.25, -0.2) is 4.79 Å². The van der Waals surface area contributed by atoms with E-state index < -0.39 is 17.2 Å². The molecule has 2 rings (SSSR count). The second-order valence-corrected chi connectivity index (χ2v) is 12.2. The second-order valence-electron chi connectivity index (χ2n) is 12.2. The Morgan fingerprint density at radius 2 is 0.972 bits per heavy atom. The van der Waals surface area contributed by atoms with E-state index in [1.165, 1.54) is 0 Å². The maximum absolute atomic E-state index is 13.0. The molecule has 0 heterocycles. The van der Waals surface area contributed by atoms with E-state index in [1.807, 2.05) is 36.4 Å². The molecule has 0 saturated heterocycles. The summed E-state index contributed by atoms with van der Waals surface area (Å²) < 4.78 is 0. The average Bonchev–Trinajstić information content (AvgIpc) is 2.69. The van der Waals surface area contributed by atoms with Crippen LogP contribution in [0.2, 0.25) is 0 Å². The minimum atomic E-state index is -1.17. The van der Waals surface area contributed by atoms with Crippen LogP contribution in [-0.4, -0.2) is 27.4 Å². The number of hydrogen-bond acceptors (Lipinski definition) is 3. The lowest BCUT2D eigenvalue weighted by atomic mass is 9.86. The van der Waals surface area contributed by atoms with E-state index in [1.54, 1.807) is 27.7 Å². The van der Waals surface area contributed by atoms with Crippen molar-refractivity contribution in [3.8, 4) is 23.7 Å². The van der Waals surface area contributed by atoms with Crippen molar-refractivity contribution in [3.05, 3.63) is 58.7 Å². The van der Waals surface area contributed by atoms with Crippen molar-refractivity contribution in [1.82, 2.24) is 0 Å². The SMILES string of the molecule is CC(C)(O)C#Cc1cc(C(C)(C)C)ccc1NC(=O)Nc1ccc(C(C)(C)C)cc1C#CC(C)(C)O. The Balaban J connectivity index is 2.44. The quantitative estimate of drug-likeness (QED) is 0.382. The van der Waals surface area contributed by atoms with Gasteiger partial charge in [0.15, 0.2) is 0 Å². The van der Waals surface area contributed by atoms with Crippen LogP contribution in [0.15, 0.2) is 36.4 Å². The Labute approximate surface area is 216 Å². The Hall–Kier alpha value is -3.25. The van der Waals surface area contributed by atoms with E-state index in [9.17, 15) is 15.0 Å². The van der Waals surface area contributed by atoms with Gasteiger partial charge in [0.2, 0.25) is 0 Å². The minimum Gasteiger partial charge on any atom is -0.378 e. The molecule has 192 valence electrons. The second kappa shape index (κ2) is 10.4. The van der Waals surface area contributed by atoms with Gasteiger partial charge in [-0.05, 0) is 73.9 Å². The highest BCUT2D eigenvalue weighted by Gasteiger charge is 2.19. The highest BCUT2D eigenvalue weighted by atomic mass is 16.3. The van der Waals surface area contributed by atoms with Crippen LogP contribution in [0.25, 0.3) is 0 Å². The molecule has 0 spiro atoms. The van der Waals surface area contributed by atoms with E-state index in [4.69, 9.17) is 0 Å². The lowest BCUT2D eigenvalue weighted by Gasteiger charge is -2.21.